The lowest BCUT2D eigenvalue weighted by molar-refractivity contribution is 1.35. The van der Waals surface area contributed by atoms with E-state index in [1.54, 1.807) is 18.0 Å². The van der Waals surface area contributed by atoms with Crippen LogP contribution in [0.2, 0.25) is 5.02 Å². The molecular weight excluding hydrogens is 264 g/mol. The van der Waals surface area contributed by atoms with Crippen LogP contribution in [0.4, 0.5) is 5.69 Å². The van der Waals surface area contributed by atoms with Gasteiger partial charge in [0.05, 0.1) is 11.9 Å². The molecule has 0 aliphatic heterocycles. The molecule has 0 spiro atoms. The van der Waals surface area contributed by atoms with Gasteiger partial charge in [0.25, 0.3) is 0 Å². The molecule has 18 heavy (non-hydrogen) atoms. The largest absolute Gasteiger partial charge is 0.278 e. The topological polar surface area (TPSA) is 24.4 Å². The van der Waals surface area contributed by atoms with Crippen molar-refractivity contribution in [2.75, 3.05) is 11.7 Å². The summed E-state index contributed by atoms with van der Waals surface area (Å²) in [6, 6.07) is 15.7. The minimum absolute atomic E-state index is 0.694. The van der Waals surface area contributed by atoms with E-state index in [1.807, 2.05) is 36.4 Å². The van der Waals surface area contributed by atoms with E-state index in [9.17, 15) is 0 Å². The Bertz CT molecular complexity index is 538. The molecule has 2 aromatic rings. The van der Waals surface area contributed by atoms with E-state index in [-0.39, 0.29) is 0 Å². The van der Waals surface area contributed by atoms with Crippen molar-refractivity contribution in [2.45, 2.75) is 4.90 Å². The fraction of sp³-hybridized carbons (Fsp3) is 0.0714. The van der Waals surface area contributed by atoms with Crippen LogP contribution in [-0.4, -0.2) is 12.5 Å². The first kappa shape index (κ1) is 13.0. The maximum absolute atomic E-state index is 5.88. The molecular formula is C14H13ClN2S. The second-order valence-corrected chi connectivity index (χ2v) is 4.97. The fourth-order valence-corrected chi connectivity index (χ4v) is 2.03. The minimum atomic E-state index is 0.694. The fourth-order valence-electron chi connectivity index (χ4n) is 1.43. The van der Waals surface area contributed by atoms with Gasteiger partial charge in [0, 0.05) is 9.92 Å². The first-order valence-electron chi connectivity index (χ1n) is 5.46. The molecule has 0 amide bonds. The molecule has 4 heteroatoms. The van der Waals surface area contributed by atoms with Crippen molar-refractivity contribution in [3.05, 3.63) is 59.1 Å². The van der Waals surface area contributed by atoms with Crippen molar-refractivity contribution in [2.24, 2.45) is 5.10 Å². The molecule has 0 saturated carbocycles. The van der Waals surface area contributed by atoms with E-state index < -0.39 is 0 Å². The molecule has 1 N–H and O–H groups in total. The van der Waals surface area contributed by atoms with Crippen LogP contribution in [0.1, 0.15) is 5.56 Å². The Hall–Kier alpha value is -1.45. The first-order valence-corrected chi connectivity index (χ1v) is 7.07. The first-order chi connectivity index (χ1) is 8.78. The van der Waals surface area contributed by atoms with Crippen LogP contribution in [0.5, 0.6) is 0 Å². The third-order valence-electron chi connectivity index (χ3n) is 2.35. The predicted molar refractivity (Wildman–Crippen MR) is 80.9 cm³/mol. The van der Waals surface area contributed by atoms with Crippen molar-refractivity contribution < 1.29 is 0 Å². The number of benzene rings is 2. The Labute approximate surface area is 116 Å². The van der Waals surface area contributed by atoms with E-state index in [0.29, 0.717) is 5.02 Å². The van der Waals surface area contributed by atoms with Gasteiger partial charge in [-0.25, -0.2) is 0 Å². The number of rotatable bonds is 4. The van der Waals surface area contributed by atoms with Crippen molar-refractivity contribution in [1.29, 1.82) is 0 Å². The highest BCUT2D eigenvalue weighted by Gasteiger charge is 1.92. The highest BCUT2D eigenvalue weighted by Crippen LogP contribution is 2.15. The molecule has 92 valence electrons. The highest BCUT2D eigenvalue weighted by molar-refractivity contribution is 7.98. The van der Waals surface area contributed by atoms with Gasteiger partial charge < -0.3 is 0 Å². The molecule has 0 saturated heterocycles. The standard InChI is InChI=1S/C14H13ClN2S/c1-18-14-7-5-11(6-8-14)10-16-17-13-4-2-3-12(15)9-13/h2-10,17H,1H3/b16-10-. The number of anilines is 1. The molecule has 2 rings (SSSR count). The zero-order valence-corrected chi connectivity index (χ0v) is 11.5. The molecule has 2 aromatic carbocycles. The number of nitrogens with zero attached hydrogens (tertiary/aromatic N) is 1. The third-order valence-corrected chi connectivity index (χ3v) is 3.33. The Morgan fingerprint density at radius 3 is 2.61 bits per heavy atom. The Morgan fingerprint density at radius 1 is 1.17 bits per heavy atom. The van der Waals surface area contributed by atoms with Crippen molar-refractivity contribution in [3.8, 4) is 0 Å². The van der Waals surface area contributed by atoms with Crippen LogP contribution in [0.15, 0.2) is 58.5 Å². The van der Waals surface area contributed by atoms with Crippen molar-refractivity contribution in [3.63, 3.8) is 0 Å². The van der Waals surface area contributed by atoms with Gasteiger partial charge in [-0.05, 0) is 42.2 Å². The summed E-state index contributed by atoms with van der Waals surface area (Å²) in [4.78, 5) is 1.25. The highest BCUT2D eigenvalue weighted by atomic mass is 35.5. The molecule has 0 aromatic heterocycles. The molecule has 0 fully saturated rings. The van der Waals surface area contributed by atoms with Gasteiger partial charge in [-0.3, -0.25) is 5.43 Å². The van der Waals surface area contributed by atoms with Gasteiger partial charge in [-0.2, -0.15) is 5.10 Å². The summed E-state index contributed by atoms with van der Waals surface area (Å²) in [5.74, 6) is 0. The smallest absolute Gasteiger partial charge is 0.0576 e. The van der Waals surface area contributed by atoms with Gasteiger partial charge in [0.2, 0.25) is 0 Å². The van der Waals surface area contributed by atoms with Gasteiger partial charge in [-0.1, -0.05) is 29.8 Å². The summed E-state index contributed by atoms with van der Waals surface area (Å²) in [6.45, 7) is 0. The van der Waals surface area contributed by atoms with Gasteiger partial charge >= 0.3 is 0 Å². The van der Waals surface area contributed by atoms with Crippen molar-refractivity contribution >= 4 is 35.3 Å². The second-order valence-electron chi connectivity index (χ2n) is 3.65. The number of halogens is 1. The van der Waals surface area contributed by atoms with E-state index in [2.05, 4.69) is 28.9 Å². The molecule has 0 radical (unpaired) electrons. The Kier molecular flexibility index (Phi) is 4.67. The maximum atomic E-state index is 5.88. The molecule has 0 aliphatic carbocycles. The summed E-state index contributed by atoms with van der Waals surface area (Å²) in [5.41, 5.74) is 4.87. The van der Waals surface area contributed by atoms with E-state index in [0.717, 1.165) is 11.3 Å². The van der Waals surface area contributed by atoms with Gasteiger partial charge in [-0.15, -0.1) is 11.8 Å². The molecule has 0 heterocycles. The summed E-state index contributed by atoms with van der Waals surface area (Å²) in [5, 5.41) is 4.86. The molecule has 0 atom stereocenters. The van der Waals surface area contributed by atoms with Crippen LogP contribution in [0.25, 0.3) is 0 Å². The number of hydrogen-bond donors (Lipinski definition) is 1. The Balaban J connectivity index is 1.98. The summed E-state index contributed by atoms with van der Waals surface area (Å²) < 4.78 is 0. The average Bonchev–Trinajstić information content (AvgIpc) is 2.40. The summed E-state index contributed by atoms with van der Waals surface area (Å²) in [6.07, 6.45) is 3.84. The zero-order chi connectivity index (χ0) is 12.8. The Morgan fingerprint density at radius 2 is 1.94 bits per heavy atom. The van der Waals surface area contributed by atoms with E-state index >= 15 is 0 Å². The SMILES string of the molecule is CSc1ccc(/C=N\Nc2cccc(Cl)c2)cc1. The predicted octanol–water partition coefficient (Wildman–Crippen LogP) is 4.51. The normalized spacial score (nSPS) is 10.8. The average molecular weight is 277 g/mol. The lowest BCUT2D eigenvalue weighted by Gasteiger charge is -2.00. The number of hydrazone groups is 1. The molecule has 0 unspecified atom stereocenters. The maximum Gasteiger partial charge on any atom is 0.0576 e. The van der Waals surface area contributed by atoms with E-state index in [4.69, 9.17) is 11.6 Å². The minimum Gasteiger partial charge on any atom is -0.278 e. The molecule has 0 aliphatic rings. The van der Waals surface area contributed by atoms with Gasteiger partial charge in [0.15, 0.2) is 0 Å². The monoisotopic (exact) mass is 276 g/mol. The second kappa shape index (κ2) is 6.47. The third kappa shape index (κ3) is 3.79. The van der Waals surface area contributed by atoms with Crippen LogP contribution < -0.4 is 5.43 Å². The van der Waals surface area contributed by atoms with E-state index in [1.165, 1.54) is 4.90 Å². The zero-order valence-electron chi connectivity index (χ0n) is 9.93. The van der Waals surface area contributed by atoms with Crippen LogP contribution in [0.3, 0.4) is 0 Å². The molecule has 0 bridgehead atoms. The van der Waals surface area contributed by atoms with Crippen LogP contribution in [-0.2, 0) is 0 Å². The summed E-state index contributed by atoms with van der Waals surface area (Å²) >= 11 is 7.60. The van der Waals surface area contributed by atoms with Crippen LogP contribution in [0, 0.1) is 0 Å². The number of nitrogens with one attached hydrogen (secondary N) is 1. The number of thioether (sulfide) groups is 1. The quantitative estimate of drug-likeness (QED) is 0.505. The van der Waals surface area contributed by atoms with Crippen molar-refractivity contribution in [1.82, 2.24) is 0 Å². The lowest BCUT2D eigenvalue weighted by Crippen LogP contribution is -1.90. The van der Waals surface area contributed by atoms with Crippen LogP contribution >= 0.6 is 23.4 Å². The molecule has 2 nitrogen and oxygen atoms in total. The summed E-state index contributed by atoms with van der Waals surface area (Å²) in [7, 11) is 0. The lowest BCUT2D eigenvalue weighted by atomic mass is 10.2. The number of hydrogen-bond acceptors (Lipinski definition) is 3. The van der Waals surface area contributed by atoms with Gasteiger partial charge in [0.1, 0.15) is 0 Å².